The zero-order chi connectivity index (χ0) is 12.4. The predicted molar refractivity (Wildman–Crippen MR) is 62.7 cm³/mol. The van der Waals surface area contributed by atoms with Gasteiger partial charge in [0.1, 0.15) is 5.78 Å². The molecule has 0 bridgehead atoms. The van der Waals surface area contributed by atoms with Gasteiger partial charge in [-0.15, -0.1) is 0 Å². The lowest BCUT2D eigenvalue weighted by Gasteiger charge is -2.30. The Morgan fingerprint density at radius 1 is 1.59 bits per heavy atom. The van der Waals surface area contributed by atoms with E-state index in [9.17, 15) is 9.59 Å². The second-order valence-corrected chi connectivity index (χ2v) is 3.95. The van der Waals surface area contributed by atoms with Crippen molar-refractivity contribution in [2.24, 2.45) is 0 Å². The summed E-state index contributed by atoms with van der Waals surface area (Å²) in [6, 6.07) is 7.03. The number of hydrogen-bond donors (Lipinski definition) is 1. The van der Waals surface area contributed by atoms with E-state index in [-0.39, 0.29) is 24.8 Å². The van der Waals surface area contributed by atoms with Crippen LogP contribution in [0.5, 0.6) is 0 Å². The topological polar surface area (TPSA) is 73.2 Å². The third-order valence-corrected chi connectivity index (χ3v) is 2.49. The summed E-state index contributed by atoms with van der Waals surface area (Å²) in [7, 11) is 0. The Morgan fingerprint density at radius 3 is 3.00 bits per heavy atom. The van der Waals surface area contributed by atoms with Gasteiger partial charge < -0.3 is 10.2 Å². The monoisotopic (exact) mass is 229 g/mol. The van der Waals surface area contributed by atoms with Crippen molar-refractivity contribution in [2.45, 2.75) is 6.92 Å². The number of nitriles is 1. The van der Waals surface area contributed by atoms with Gasteiger partial charge in [0.05, 0.1) is 36.1 Å². The highest BCUT2D eigenvalue weighted by molar-refractivity contribution is 6.02. The Bertz CT molecular complexity index is 531. The second kappa shape index (κ2) is 4.26. The molecule has 2 rings (SSSR count). The minimum absolute atomic E-state index is 0.0204. The van der Waals surface area contributed by atoms with E-state index in [4.69, 9.17) is 5.26 Å². The molecular formula is C12H11N3O2. The maximum Gasteiger partial charge on any atom is 0.243 e. The van der Waals surface area contributed by atoms with Gasteiger partial charge in [0.2, 0.25) is 5.91 Å². The van der Waals surface area contributed by atoms with Crippen LogP contribution in [-0.2, 0) is 9.59 Å². The summed E-state index contributed by atoms with van der Waals surface area (Å²) in [5.74, 6) is -0.170. The lowest BCUT2D eigenvalue weighted by Crippen LogP contribution is -2.40. The summed E-state index contributed by atoms with van der Waals surface area (Å²) >= 11 is 0. The lowest BCUT2D eigenvalue weighted by atomic mass is 10.1. The molecule has 0 saturated heterocycles. The molecule has 0 radical (unpaired) electrons. The quantitative estimate of drug-likeness (QED) is 0.817. The Balaban J connectivity index is 2.42. The average molecular weight is 229 g/mol. The highest BCUT2D eigenvalue weighted by Crippen LogP contribution is 2.30. The van der Waals surface area contributed by atoms with E-state index in [1.54, 1.807) is 23.1 Å². The molecule has 1 aliphatic heterocycles. The normalized spacial score (nSPS) is 13.6. The average Bonchev–Trinajstić information content (AvgIpc) is 2.27. The van der Waals surface area contributed by atoms with E-state index >= 15 is 0 Å². The number of nitrogens with one attached hydrogen (secondary N) is 1. The summed E-state index contributed by atoms with van der Waals surface area (Å²) < 4.78 is 0. The van der Waals surface area contributed by atoms with Gasteiger partial charge in [-0.3, -0.25) is 9.59 Å². The van der Waals surface area contributed by atoms with Crippen molar-refractivity contribution in [3.05, 3.63) is 23.8 Å². The molecule has 5 heteroatoms. The van der Waals surface area contributed by atoms with Crippen LogP contribution >= 0.6 is 0 Å². The Labute approximate surface area is 98.6 Å². The highest BCUT2D eigenvalue weighted by Gasteiger charge is 2.22. The molecule has 0 fully saturated rings. The van der Waals surface area contributed by atoms with Crippen LogP contribution < -0.4 is 10.2 Å². The fourth-order valence-electron chi connectivity index (χ4n) is 1.83. The van der Waals surface area contributed by atoms with Gasteiger partial charge in [-0.25, -0.2) is 0 Å². The molecule has 1 aromatic carbocycles. The predicted octanol–water partition coefficient (Wildman–Crippen LogP) is 0.906. The molecule has 0 saturated carbocycles. The number of fused-ring (bicyclic) bond motifs is 1. The van der Waals surface area contributed by atoms with Gasteiger partial charge in [0, 0.05) is 0 Å². The molecule has 1 amide bonds. The largest absolute Gasteiger partial charge is 0.353 e. The molecule has 17 heavy (non-hydrogen) atoms. The first-order valence-electron chi connectivity index (χ1n) is 5.18. The number of benzene rings is 1. The van der Waals surface area contributed by atoms with Crippen LogP contribution in [0.15, 0.2) is 18.2 Å². The van der Waals surface area contributed by atoms with E-state index in [0.717, 1.165) is 5.69 Å². The van der Waals surface area contributed by atoms with Gasteiger partial charge >= 0.3 is 0 Å². The van der Waals surface area contributed by atoms with Crippen molar-refractivity contribution in [1.29, 1.82) is 5.26 Å². The summed E-state index contributed by atoms with van der Waals surface area (Å²) in [5, 5.41) is 11.5. The molecule has 86 valence electrons. The minimum Gasteiger partial charge on any atom is -0.353 e. The molecule has 5 nitrogen and oxygen atoms in total. The molecule has 0 unspecified atom stereocenters. The molecule has 1 aromatic rings. The van der Waals surface area contributed by atoms with E-state index in [1.807, 2.05) is 6.07 Å². The summed E-state index contributed by atoms with van der Waals surface area (Å²) in [4.78, 5) is 24.3. The van der Waals surface area contributed by atoms with Crippen molar-refractivity contribution >= 4 is 23.1 Å². The van der Waals surface area contributed by atoms with Crippen molar-refractivity contribution in [1.82, 2.24) is 0 Å². The van der Waals surface area contributed by atoms with Crippen molar-refractivity contribution < 1.29 is 9.59 Å². The van der Waals surface area contributed by atoms with Gasteiger partial charge in [0.25, 0.3) is 0 Å². The zero-order valence-corrected chi connectivity index (χ0v) is 9.36. The number of carbonyl (C=O) groups is 2. The van der Waals surface area contributed by atoms with Crippen LogP contribution in [0.25, 0.3) is 0 Å². The van der Waals surface area contributed by atoms with E-state index in [1.165, 1.54) is 6.92 Å². The zero-order valence-electron chi connectivity index (χ0n) is 9.36. The molecule has 1 heterocycles. The summed E-state index contributed by atoms with van der Waals surface area (Å²) in [5.41, 5.74) is 1.87. The fraction of sp³-hybridized carbons (Fsp3) is 0.250. The number of ketones is 1. The number of Topliss-reactive ketones (excluding diaryl/α,β-unsaturated/α-hetero) is 1. The number of nitrogens with zero attached hydrogens (tertiary/aromatic N) is 2. The van der Waals surface area contributed by atoms with Gasteiger partial charge in [0.15, 0.2) is 0 Å². The molecule has 0 aliphatic carbocycles. The van der Waals surface area contributed by atoms with Crippen LogP contribution in [0.4, 0.5) is 11.4 Å². The third kappa shape index (κ3) is 2.26. The van der Waals surface area contributed by atoms with Crippen LogP contribution in [-0.4, -0.2) is 24.8 Å². The number of hydrogen-bond acceptors (Lipinski definition) is 4. The van der Waals surface area contributed by atoms with Gasteiger partial charge in [-0.1, -0.05) is 0 Å². The summed E-state index contributed by atoms with van der Waals surface area (Å²) in [6.07, 6.45) is 0. The third-order valence-electron chi connectivity index (χ3n) is 2.49. The van der Waals surface area contributed by atoms with Crippen LogP contribution in [0, 0.1) is 11.3 Å². The molecule has 1 N–H and O–H groups in total. The molecule has 0 spiro atoms. The maximum absolute atomic E-state index is 11.4. The molecule has 1 aliphatic rings. The highest BCUT2D eigenvalue weighted by atomic mass is 16.2. The molecule has 0 atom stereocenters. The number of carbonyl (C=O) groups excluding carboxylic acids is 2. The molecule has 0 aromatic heterocycles. The Hall–Kier alpha value is -2.35. The van der Waals surface area contributed by atoms with Gasteiger partial charge in [-0.05, 0) is 25.1 Å². The van der Waals surface area contributed by atoms with Crippen molar-refractivity contribution in [3.8, 4) is 6.07 Å². The number of amides is 1. The first-order valence-corrected chi connectivity index (χ1v) is 5.18. The smallest absolute Gasteiger partial charge is 0.243 e. The van der Waals surface area contributed by atoms with Crippen LogP contribution in [0.3, 0.4) is 0 Å². The van der Waals surface area contributed by atoms with E-state index in [0.29, 0.717) is 11.3 Å². The van der Waals surface area contributed by atoms with Crippen molar-refractivity contribution in [3.63, 3.8) is 0 Å². The standard InChI is InChI=1S/C12H11N3O2/c1-8(16)6-15-7-12(17)14-10-3-2-9(5-13)4-11(10)15/h2-4H,6-7H2,1H3,(H,14,17). The minimum atomic E-state index is -0.150. The number of rotatable bonds is 2. The van der Waals surface area contributed by atoms with E-state index < -0.39 is 0 Å². The number of anilines is 2. The Morgan fingerprint density at radius 2 is 2.35 bits per heavy atom. The van der Waals surface area contributed by atoms with Gasteiger partial charge in [-0.2, -0.15) is 5.26 Å². The summed E-state index contributed by atoms with van der Waals surface area (Å²) in [6.45, 7) is 1.79. The van der Waals surface area contributed by atoms with Crippen LogP contribution in [0.1, 0.15) is 12.5 Å². The Kier molecular flexibility index (Phi) is 2.79. The lowest BCUT2D eigenvalue weighted by molar-refractivity contribution is -0.116. The molecular weight excluding hydrogens is 218 g/mol. The maximum atomic E-state index is 11.4. The van der Waals surface area contributed by atoms with Crippen LogP contribution in [0.2, 0.25) is 0 Å². The van der Waals surface area contributed by atoms with Crippen molar-refractivity contribution in [2.75, 3.05) is 23.3 Å². The first-order chi connectivity index (χ1) is 8.10. The van der Waals surface area contributed by atoms with E-state index in [2.05, 4.69) is 5.32 Å². The fourth-order valence-corrected chi connectivity index (χ4v) is 1.83. The SMILES string of the molecule is CC(=O)CN1CC(=O)Nc2ccc(C#N)cc21. The second-order valence-electron chi connectivity index (χ2n) is 3.95. The first kappa shape index (κ1) is 11.1.